The van der Waals surface area contributed by atoms with Crippen LogP contribution in [0.3, 0.4) is 0 Å². The standard InChI is InChI=1S/C11H9NO3S/c13-9-10-6-7-12(8-10)16(14,15)11-4-2-1-3-5-11/h1-9H. The van der Waals surface area contributed by atoms with Crippen molar-refractivity contribution in [2.75, 3.05) is 0 Å². The molecule has 0 radical (unpaired) electrons. The first-order valence-electron chi connectivity index (χ1n) is 4.58. The van der Waals surface area contributed by atoms with Crippen LogP contribution in [0, 0.1) is 0 Å². The number of aldehydes is 1. The molecule has 0 atom stereocenters. The Morgan fingerprint density at radius 2 is 1.75 bits per heavy atom. The van der Waals surface area contributed by atoms with Crippen LogP contribution in [-0.2, 0) is 10.0 Å². The van der Waals surface area contributed by atoms with Gasteiger partial charge in [0.1, 0.15) is 0 Å². The van der Waals surface area contributed by atoms with Gasteiger partial charge in [0, 0.05) is 18.0 Å². The Bertz CT molecular complexity index is 599. The van der Waals surface area contributed by atoms with Crippen LogP contribution in [0.4, 0.5) is 0 Å². The topological polar surface area (TPSA) is 56.1 Å². The molecule has 1 aromatic carbocycles. The van der Waals surface area contributed by atoms with E-state index in [4.69, 9.17) is 0 Å². The number of hydrogen-bond donors (Lipinski definition) is 0. The van der Waals surface area contributed by atoms with Crippen LogP contribution < -0.4 is 0 Å². The Morgan fingerprint density at radius 3 is 2.31 bits per heavy atom. The summed E-state index contributed by atoms with van der Waals surface area (Å²) in [6.45, 7) is 0. The van der Waals surface area contributed by atoms with Gasteiger partial charge in [0.15, 0.2) is 6.29 Å². The number of benzene rings is 1. The van der Waals surface area contributed by atoms with Crippen molar-refractivity contribution in [1.82, 2.24) is 3.97 Å². The van der Waals surface area contributed by atoms with Gasteiger partial charge in [-0.05, 0) is 18.2 Å². The maximum Gasteiger partial charge on any atom is 0.267 e. The minimum absolute atomic E-state index is 0.197. The second-order valence-electron chi connectivity index (χ2n) is 3.21. The highest BCUT2D eigenvalue weighted by Gasteiger charge is 2.15. The zero-order valence-corrected chi connectivity index (χ0v) is 9.09. The highest BCUT2D eigenvalue weighted by atomic mass is 32.2. The largest absolute Gasteiger partial charge is 0.298 e. The van der Waals surface area contributed by atoms with Crippen molar-refractivity contribution >= 4 is 16.3 Å². The molecule has 0 amide bonds. The summed E-state index contributed by atoms with van der Waals surface area (Å²) in [4.78, 5) is 10.7. The van der Waals surface area contributed by atoms with Crippen molar-refractivity contribution < 1.29 is 13.2 Å². The van der Waals surface area contributed by atoms with E-state index in [2.05, 4.69) is 0 Å². The van der Waals surface area contributed by atoms with E-state index >= 15 is 0 Å². The summed E-state index contributed by atoms with van der Waals surface area (Å²) >= 11 is 0. The molecule has 0 saturated carbocycles. The second-order valence-corrected chi connectivity index (χ2v) is 5.05. The molecular weight excluding hydrogens is 226 g/mol. The van der Waals surface area contributed by atoms with Crippen LogP contribution in [0.25, 0.3) is 0 Å². The molecule has 2 rings (SSSR count). The van der Waals surface area contributed by atoms with Crippen LogP contribution >= 0.6 is 0 Å². The Balaban J connectivity index is 2.51. The van der Waals surface area contributed by atoms with Crippen molar-refractivity contribution in [3.8, 4) is 0 Å². The number of hydrogen-bond acceptors (Lipinski definition) is 3. The van der Waals surface area contributed by atoms with Gasteiger partial charge in [0.2, 0.25) is 0 Å². The first-order valence-corrected chi connectivity index (χ1v) is 6.02. The summed E-state index contributed by atoms with van der Waals surface area (Å²) in [5, 5.41) is 0. The number of aromatic nitrogens is 1. The van der Waals surface area contributed by atoms with Crippen molar-refractivity contribution in [3.05, 3.63) is 54.4 Å². The molecule has 0 aliphatic rings. The molecule has 0 unspecified atom stereocenters. The molecule has 1 heterocycles. The minimum atomic E-state index is -3.57. The summed E-state index contributed by atoms with van der Waals surface area (Å²) in [5.74, 6) is 0. The lowest BCUT2D eigenvalue weighted by Crippen LogP contribution is -2.10. The van der Waals surface area contributed by atoms with Crippen LogP contribution in [-0.4, -0.2) is 18.7 Å². The van der Waals surface area contributed by atoms with Gasteiger partial charge in [-0.3, -0.25) is 4.79 Å². The van der Waals surface area contributed by atoms with Gasteiger partial charge in [0.25, 0.3) is 10.0 Å². The van der Waals surface area contributed by atoms with Crippen molar-refractivity contribution in [3.63, 3.8) is 0 Å². The third-order valence-corrected chi connectivity index (χ3v) is 3.80. The number of carbonyl (C=O) groups excluding carboxylic acids is 1. The predicted octanol–water partition coefficient (Wildman–Crippen LogP) is 1.54. The van der Waals surface area contributed by atoms with Crippen molar-refractivity contribution in [2.24, 2.45) is 0 Å². The van der Waals surface area contributed by atoms with Crippen LogP contribution in [0.1, 0.15) is 10.4 Å². The summed E-state index contributed by atoms with van der Waals surface area (Å²) in [7, 11) is -3.57. The molecule has 0 aliphatic carbocycles. The number of carbonyl (C=O) groups is 1. The third kappa shape index (κ3) is 1.77. The molecule has 16 heavy (non-hydrogen) atoms. The lowest BCUT2D eigenvalue weighted by molar-refractivity contribution is 0.112. The molecule has 0 saturated heterocycles. The highest BCUT2D eigenvalue weighted by Crippen LogP contribution is 2.13. The fraction of sp³-hybridized carbons (Fsp3) is 0. The van der Waals surface area contributed by atoms with E-state index in [1.807, 2.05) is 0 Å². The second kappa shape index (κ2) is 3.94. The van der Waals surface area contributed by atoms with Gasteiger partial charge in [0.05, 0.1) is 4.90 Å². The van der Waals surface area contributed by atoms with Gasteiger partial charge in [-0.2, -0.15) is 0 Å². The monoisotopic (exact) mass is 235 g/mol. The van der Waals surface area contributed by atoms with E-state index in [1.165, 1.54) is 30.6 Å². The molecule has 0 N–H and O–H groups in total. The van der Waals surface area contributed by atoms with E-state index < -0.39 is 10.0 Å². The summed E-state index contributed by atoms with van der Waals surface area (Å²) in [6, 6.07) is 9.51. The molecule has 4 nitrogen and oxygen atoms in total. The maximum absolute atomic E-state index is 12.0. The molecule has 0 bridgehead atoms. The van der Waals surface area contributed by atoms with E-state index in [0.717, 1.165) is 3.97 Å². The average Bonchev–Trinajstić information content (AvgIpc) is 2.79. The molecule has 0 fully saturated rings. The zero-order valence-electron chi connectivity index (χ0n) is 8.28. The number of nitrogens with zero attached hydrogens (tertiary/aromatic N) is 1. The molecule has 5 heteroatoms. The van der Waals surface area contributed by atoms with E-state index in [-0.39, 0.29) is 4.90 Å². The minimum Gasteiger partial charge on any atom is -0.298 e. The SMILES string of the molecule is O=Cc1ccn(S(=O)(=O)c2ccccc2)c1. The first-order chi connectivity index (χ1) is 7.64. The van der Waals surface area contributed by atoms with Crippen LogP contribution in [0.15, 0.2) is 53.7 Å². The summed E-state index contributed by atoms with van der Waals surface area (Å²) in [6.07, 6.45) is 3.25. The van der Waals surface area contributed by atoms with Gasteiger partial charge in [-0.25, -0.2) is 12.4 Å². The molecular formula is C11H9NO3S. The Kier molecular flexibility index (Phi) is 2.62. The van der Waals surface area contributed by atoms with E-state index in [9.17, 15) is 13.2 Å². The molecule has 82 valence electrons. The lowest BCUT2D eigenvalue weighted by atomic mass is 10.4. The van der Waals surface area contributed by atoms with Gasteiger partial charge >= 0.3 is 0 Å². The molecule has 1 aromatic heterocycles. The predicted molar refractivity (Wildman–Crippen MR) is 58.8 cm³/mol. The smallest absolute Gasteiger partial charge is 0.267 e. The van der Waals surface area contributed by atoms with E-state index in [1.54, 1.807) is 18.2 Å². The Labute approximate surface area is 93.2 Å². The normalized spacial score (nSPS) is 11.2. The van der Waals surface area contributed by atoms with Gasteiger partial charge in [-0.15, -0.1) is 0 Å². The lowest BCUT2D eigenvalue weighted by Gasteiger charge is -2.04. The third-order valence-electron chi connectivity index (χ3n) is 2.14. The molecule has 0 spiro atoms. The number of rotatable bonds is 3. The average molecular weight is 235 g/mol. The molecule has 0 aliphatic heterocycles. The quantitative estimate of drug-likeness (QED) is 0.758. The summed E-state index contributed by atoms with van der Waals surface area (Å²) < 4.78 is 25.1. The fourth-order valence-corrected chi connectivity index (χ4v) is 2.55. The van der Waals surface area contributed by atoms with Crippen LogP contribution in [0.2, 0.25) is 0 Å². The van der Waals surface area contributed by atoms with Gasteiger partial charge < -0.3 is 0 Å². The first kappa shape index (κ1) is 10.6. The highest BCUT2D eigenvalue weighted by molar-refractivity contribution is 7.90. The van der Waals surface area contributed by atoms with Crippen LogP contribution in [0.5, 0.6) is 0 Å². The zero-order chi connectivity index (χ0) is 11.6. The Morgan fingerprint density at radius 1 is 1.06 bits per heavy atom. The maximum atomic E-state index is 12.0. The van der Waals surface area contributed by atoms with Crippen molar-refractivity contribution in [1.29, 1.82) is 0 Å². The van der Waals surface area contributed by atoms with Gasteiger partial charge in [-0.1, -0.05) is 18.2 Å². The molecule has 2 aromatic rings. The fourth-order valence-electron chi connectivity index (χ4n) is 1.33. The van der Waals surface area contributed by atoms with Crippen molar-refractivity contribution in [2.45, 2.75) is 4.90 Å². The Hall–Kier alpha value is -1.88. The van der Waals surface area contributed by atoms with E-state index in [0.29, 0.717) is 11.8 Å². The summed E-state index contributed by atoms with van der Waals surface area (Å²) in [5.41, 5.74) is 0.333.